The van der Waals surface area contributed by atoms with Crippen molar-refractivity contribution >= 4 is 34.0 Å². The summed E-state index contributed by atoms with van der Waals surface area (Å²) in [6.45, 7) is 0. The Labute approximate surface area is 126 Å². The van der Waals surface area contributed by atoms with Gasteiger partial charge in [-0.3, -0.25) is 4.79 Å². The van der Waals surface area contributed by atoms with E-state index in [4.69, 9.17) is 22.1 Å². The van der Waals surface area contributed by atoms with E-state index >= 15 is 0 Å². The first-order valence-corrected chi connectivity index (χ1v) is 6.73. The molecule has 1 heterocycles. The molecule has 0 aliphatic rings. The van der Waals surface area contributed by atoms with Crippen molar-refractivity contribution in [2.45, 2.75) is 0 Å². The summed E-state index contributed by atoms with van der Waals surface area (Å²) in [6.07, 6.45) is 1.67. The van der Waals surface area contributed by atoms with E-state index in [0.717, 1.165) is 10.9 Å². The lowest BCUT2D eigenvalue weighted by Crippen LogP contribution is -2.05. The van der Waals surface area contributed by atoms with Crippen LogP contribution in [0.5, 0.6) is 5.75 Å². The van der Waals surface area contributed by atoms with Crippen molar-refractivity contribution in [1.82, 2.24) is 4.98 Å². The van der Waals surface area contributed by atoms with Gasteiger partial charge in [0.1, 0.15) is 0 Å². The van der Waals surface area contributed by atoms with E-state index in [0.29, 0.717) is 27.6 Å². The van der Waals surface area contributed by atoms with E-state index in [1.54, 1.807) is 36.5 Å². The highest BCUT2D eigenvalue weighted by Crippen LogP contribution is 2.30. The summed E-state index contributed by atoms with van der Waals surface area (Å²) in [7, 11) is 1.50. The number of carbonyl (C=O) groups excluding carboxylic acids is 1. The summed E-state index contributed by atoms with van der Waals surface area (Å²) in [5.41, 5.74) is 8.10. The Bertz CT molecular complexity index is 839. The van der Waals surface area contributed by atoms with Crippen LogP contribution in [0.15, 0.2) is 42.6 Å². The number of nitrogens with one attached hydrogen (secondary N) is 1. The predicted octanol–water partition coefficient (Wildman–Crippen LogP) is 3.64. The van der Waals surface area contributed by atoms with Crippen molar-refractivity contribution in [2.24, 2.45) is 0 Å². The average molecular weight is 301 g/mol. The number of carbonyl (C=O) groups is 1. The molecule has 2 aromatic carbocycles. The summed E-state index contributed by atoms with van der Waals surface area (Å²) < 4.78 is 5.25. The Kier molecular flexibility index (Phi) is 3.31. The van der Waals surface area contributed by atoms with Crippen LogP contribution in [0.3, 0.4) is 0 Å². The van der Waals surface area contributed by atoms with Crippen LogP contribution >= 0.6 is 11.6 Å². The number of nitrogen functional groups attached to an aromatic ring is 1. The molecular weight excluding hydrogens is 288 g/mol. The van der Waals surface area contributed by atoms with Crippen molar-refractivity contribution in [3.8, 4) is 5.75 Å². The number of para-hydroxylation sites is 1. The molecule has 1 aromatic heterocycles. The first-order chi connectivity index (χ1) is 10.1. The second-order valence-electron chi connectivity index (χ2n) is 4.65. The number of hydrogen-bond donors (Lipinski definition) is 2. The van der Waals surface area contributed by atoms with E-state index in [9.17, 15) is 4.79 Å². The highest BCUT2D eigenvalue weighted by atomic mass is 35.5. The lowest BCUT2D eigenvalue weighted by molar-refractivity contribution is 0.103. The number of rotatable bonds is 3. The van der Waals surface area contributed by atoms with Gasteiger partial charge in [-0.25, -0.2) is 0 Å². The van der Waals surface area contributed by atoms with Crippen molar-refractivity contribution in [1.29, 1.82) is 0 Å². The first-order valence-electron chi connectivity index (χ1n) is 6.35. The lowest BCUT2D eigenvalue weighted by atomic mass is 10.0. The molecule has 0 fully saturated rings. The van der Waals surface area contributed by atoms with Gasteiger partial charge in [0.2, 0.25) is 0 Å². The maximum atomic E-state index is 12.7. The summed E-state index contributed by atoms with van der Waals surface area (Å²) in [5, 5.41) is 1.43. The smallest absolute Gasteiger partial charge is 0.198 e. The molecule has 0 amide bonds. The molecule has 5 heteroatoms. The number of aromatic nitrogens is 1. The zero-order valence-corrected chi connectivity index (χ0v) is 12.1. The Morgan fingerprint density at radius 1 is 1.24 bits per heavy atom. The van der Waals surface area contributed by atoms with Crippen molar-refractivity contribution in [2.75, 3.05) is 12.8 Å². The van der Waals surface area contributed by atoms with Crippen LogP contribution in [0, 0.1) is 0 Å². The largest absolute Gasteiger partial charge is 0.494 e. The number of methoxy groups -OCH3 is 1. The van der Waals surface area contributed by atoms with Crippen molar-refractivity contribution < 1.29 is 9.53 Å². The molecule has 0 aliphatic heterocycles. The number of ketones is 1. The van der Waals surface area contributed by atoms with Crippen molar-refractivity contribution in [3.05, 3.63) is 58.7 Å². The van der Waals surface area contributed by atoms with E-state index in [-0.39, 0.29) is 5.78 Å². The van der Waals surface area contributed by atoms with Crippen LogP contribution in [0.4, 0.5) is 5.69 Å². The third-order valence-corrected chi connectivity index (χ3v) is 3.62. The number of fused-ring (bicyclic) bond motifs is 1. The number of aromatic amines is 1. The molecule has 4 nitrogen and oxygen atoms in total. The number of H-pyrrole nitrogens is 1. The molecular formula is C16H13ClN2O2. The van der Waals surface area contributed by atoms with Gasteiger partial charge in [-0.2, -0.15) is 0 Å². The van der Waals surface area contributed by atoms with Crippen LogP contribution in [-0.4, -0.2) is 17.9 Å². The third kappa shape index (κ3) is 2.23. The number of halogens is 1. The molecule has 0 atom stereocenters. The molecule has 0 bridgehead atoms. The molecule has 106 valence electrons. The standard InChI is InChI=1S/C16H13ClN2O2/c1-21-16-11(3-2-4-13(16)18)15(20)12-8-19-14-7-9(17)5-6-10(12)14/h2-8,19H,18H2,1H3. The minimum Gasteiger partial charge on any atom is -0.494 e. The zero-order valence-electron chi connectivity index (χ0n) is 11.3. The number of ether oxygens (including phenoxy) is 1. The zero-order chi connectivity index (χ0) is 15.0. The van der Waals surface area contributed by atoms with Crippen LogP contribution in [0.2, 0.25) is 5.02 Å². The van der Waals surface area contributed by atoms with Gasteiger partial charge < -0.3 is 15.5 Å². The topological polar surface area (TPSA) is 68.1 Å². The Morgan fingerprint density at radius 2 is 2.05 bits per heavy atom. The van der Waals surface area contributed by atoms with Crippen LogP contribution < -0.4 is 10.5 Å². The fraction of sp³-hybridized carbons (Fsp3) is 0.0625. The lowest BCUT2D eigenvalue weighted by Gasteiger charge is -2.09. The van der Waals surface area contributed by atoms with Gasteiger partial charge in [-0.15, -0.1) is 0 Å². The maximum Gasteiger partial charge on any atom is 0.198 e. The van der Waals surface area contributed by atoms with Gasteiger partial charge >= 0.3 is 0 Å². The van der Waals surface area contributed by atoms with Gasteiger partial charge in [0.05, 0.1) is 18.4 Å². The van der Waals surface area contributed by atoms with Crippen molar-refractivity contribution in [3.63, 3.8) is 0 Å². The van der Waals surface area contributed by atoms with E-state index in [1.807, 2.05) is 6.07 Å². The first kappa shape index (κ1) is 13.5. The molecule has 0 spiro atoms. The Hall–Kier alpha value is -2.46. The van der Waals surface area contributed by atoms with Gasteiger partial charge in [0, 0.05) is 27.7 Å². The molecule has 0 saturated carbocycles. The minimum absolute atomic E-state index is 0.146. The normalized spacial score (nSPS) is 10.8. The highest BCUT2D eigenvalue weighted by Gasteiger charge is 2.19. The molecule has 0 saturated heterocycles. The molecule has 0 unspecified atom stereocenters. The number of benzene rings is 2. The number of hydrogen-bond acceptors (Lipinski definition) is 3. The molecule has 0 radical (unpaired) electrons. The highest BCUT2D eigenvalue weighted by molar-refractivity contribution is 6.31. The third-order valence-electron chi connectivity index (χ3n) is 3.38. The fourth-order valence-corrected chi connectivity index (χ4v) is 2.56. The van der Waals surface area contributed by atoms with Gasteiger partial charge in [0.25, 0.3) is 0 Å². The summed E-state index contributed by atoms with van der Waals surface area (Å²) >= 11 is 5.95. The quantitative estimate of drug-likeness (QED) is 0.573. The van der Waals surface area contributed by atoms with E-state index in [1.165, 1.54) is 7.11 Å². The molecule has 3 N–H and O–H groups in total. The van der Waals surface area contributed by atoms with Crippen LogP contribution in [0.1, 0.15) is 15.9 Å². The van der Waals surface area contributed by atoms with Crippen LogP contribution in [-0.2, 0) is 0 Å². The summed E-state index contributed by atoms with van der Waals surface area (Å²) in [6, 6.07) is 10.5. The predicted molar refractivity (Wildman–Crippen MR) is 84.1 cm³/mol. The Balaban J connectivity index is 2.15. The molecule has 3 rings (SSSR count). The fourth-order valence-electron chi connectivity index (χ4n) is 2.39. The second kappa shape index (κ2) is 5.14. The van der Waals surface area contributed by atoms with Gasteiger partial charge in [0.15, 0.2) is 11.5 Å². The average Bonchev–Trinajstić information content (AvgIpc) is 2.89. The van der Waals surface area contributed by atoms with Gasteiger partial charge in [-0.05, 0) is 24.3 Å². The molecule has 3 aromatic rings. The second-order valence-corrected chi connectivity index (χ2v) is 5.09. The minimum atomic E-state index is -0.146. The van der Waals surface area contributed by atoms with E-state index < -0.39 is 0 Å². The summed E-state index contributed by atoms with van der Waals surface area (Å²) in [4.78, 5) is 15.8. The summed E-state index contributed by atoms with van der Waals surface area (Å²) in [5.74, 6) is 0.249. The number of anilines is 1. The maximum absolute atomic E-state index is 12.7. The molecule has 21 heavy (non-hydrogen) atoms. The molecule has 0 aliphatic carbocycles. The monoisotopic (exact) mass is 300 g/mol. The van der Waals surface area contributed by atoms with E-state index in [2.05, 4.69) is 4.98 Å². The number of nitrogens with two attached hydrogens (primary N) is 1. The Morgan fingerprint density at radius 3 is 2.81 bits per heavy atom. The van der Waals surface area contributed by atoms with Gasteiger partial charge in [-0.1, -0.05) is 23.7 Å². The SMILES string of the molecule is COc1c(N)cccc1C(=O)c1c[nH]c2cc(Cl)ccc12. The van der Waals surface area contributed by atoms with Crippen LogP contribution in [0.25, 0.3) is 10.9 Å².